The molecule has 3 N–H and O–H groups in total. The summed E-state index contributed by atoms with van der Waals surface area (Å²) in [6.07, 6.45) is 1.43. The molecule has 0 fully saturated rings. The van der Waals surface area contributed by atoms with Crippen LogP contribution >= 0.6 is 0 Å². The van der Waals surface area contributed by atoms with Gasteiger partial charge in [0.25, 0.3) is 5.91 Å². The lowest BCUT2D eigenvalue weighted by atomic mass is 10.2. The predicted octanol–water partition coefficient (Wildman–Crippen LogP) is 2.19. The summed E-state index contributed by atoms with van der Waals surface area (Å²) in [7, 11) is 0. The summed E-state index contributed by atoms with van der Waals surface area (Å²) in [5.41, 5.74) is 5.95. The summed E-state index contributed by atoms with van der Waals surface area (Å²) in [6, 6.07) is 5.90. The molecule has 6 heteroatoms. The van der Waals surface area contributed by atoms with Crippen LogP contribution in [0.1, 0.15) is 10.4 Å². The molecular formula is C12H9F2N3O. The van der Waals surface area contributed by atoms with Gasteiger partial charge in [0, 0.05) is 23.5 Å². The van der Waals surface area contributed by atoms with E-state index in [0.717, 1.165) is 12.1 Å². The van der Waals surface area contributed by atoms with Crippen LogP contribution in [0.4, 0.5) is 20.3 Å². The summed E-state index contributed by atoms with van der Waals surface area (Å²) >= 11 is 0. The monoisotopic (exact) mass is 249 g/mol. The third kappa shape index (κ3) is 2.60. The van der Waals surface area contributed by atoms with Gasteiger partial charge >= 0.3 is 0 Å². The van der Waals surface area contributed by atoms with Crippen molar-refractivity contribution in [2.24, 2.45) is 0 Å². The fourth-order valence-corrected chi connectivity index (χ4v) is 1.34. The molecule has 0 spiro atoms. The Kier molecular flexibility index (Phi) is 3.18. The topological polar surface area (TPSA) is 68.0 Å². The second-order valence-electron chi connectivity index (χ2n) is 3.56. The van der Waals surface area contributed by atoms with Crippen LogP contribution in [0.15, 0.2) is 36.5 Å². The maximum atomic E-state index is 13.0. The molecule has 1 aromatic heterocycles. The first-order chi connectivity index (χ1) is 8.56. The number of halogens is 2. The maximum Gasteiger partial charge on any atom is 0.256 e. The molecule has 1 aromatic carbocycles. The van der Waals surface area contributed by atoms with Crippen molar-refractivity contribution in [3.63, 3.8) is 0 Å². The summed E-state index contributed by atoms with van der Waals surface area (Å²) in [5.74, 6) is -2.44. The van der Waals surface area contributed by atoms with Gasteiger partial charge in [-0.3, -0.25) is 4.79 Å². The Morgan fingerprint density at radius 1 is 1.17 bits per heavy atom. The lowest BCUT2D eigenvalue weighted by Gasteiger charge is -2.05. The van der Waals surface area contributed by atoms with Crippen LogP contribution in [0.2, 0.25) is 0 Å². The normalized spacial score (nSPS) is 10.1. The van der Waals surface area contributed by atoms with E-state index in [1.54, 1.807) is 6.07 Å². The number of benzene rings is 1. The maximum absolute atomic E-state index is 13.0. The van der Waals surface area contributed by atoms with Gasteiger partial charge in [-0.15, -0.1) is 0 Å². The minimum absolute atomic E-state index is 0.00174. The first kappa shape index (κ1) is 12.0. The number of rotatable bonds is 2. The lowest BCUT2D eigenvalue weighted by molar-refractivity contribution is 0.102. The highest BCUT2D eigenvalue weighted by Crippen LogP contribution is 2.12. The molecule has 0 radical (unpaired) electrons. The fourth-order valence-electron chi connectivity index (χ4n) is 1.34. The Morgan fingerprint density at radius 2 is 1.94 bits per heavy atom. The zero-order valence-electron chi connectivity index (χ0n) is 9.15. The smallest absolute Gasteiger partial charge is 0.256 e. The number of carbonyl (C=O) groups excluding carboxylic acids is 1. The number of anilines is 2. The van der Waals surface area contributed by atoms with Gasteiger partial charge in [0.1, 0.15) is 5.82 Å². The van der Waals surface area contributed by atoms with Gasteiger partial charge < -0.3 is 11.1 Å². The molecule has 0 saturated heterocycles. The standard InChI is InChI=1S/C12H9F2N3O/c13-9-2-1-7(5-10(9)14)12(18)17-11-6-8(15)3-4-16-11/h1-6H,(H3,15,16,17,18). The first-order valence-electron chi connectivity index (χ1n) is 5.04. The number of pyridine rings is 1. The molecule has 4 nitrogen and oxygen atoms in total. The van der Waals surface area contributed by atoms with Crippen LogP contribution in [-0.4, -0.2) is 10.9 Å². The van der Waals surface area contributed by atoms with Crippen molar-refractivity contribution in [2.45, 2.75) is 0 Å². The Labute approximate surface area is 101 Å². The third-order valence-electron chi connectivity index (χ3n) is 2.21. The summed E-state index contributed by atoms with van der Waals surface area (Å²) < 4.78 is 25.7. The van der Waals surface area contributed by atoms with E-state index in [0.29, 0.717) is 5.69 Å². The van der Waals surface area contributed by atoms with Gasteiger partial charge in [-0.05, 0) is 24.3 Å². The molecule has 0 aliphatic carbocycles. The number of nitrogens with zero attached hydrogens (tertiary/aromatic N) is 1. The van der Waals surface area contributed by atoms with Gasteiger partial charge in [-0.2, -0.15) is 0 Å². The van der Waals surface area contributed by atoms with Crippen LogP contribution in [0.3, 0.4) is 0 Å². The molecule has 2 aromatic rings. The number of nitrogens with two attached hydrogens (primary N) is 1. The van der Waals surface area contributed by atoms with E-state index < -0.39 is 17.5 Å². The van der Waals surface area contributed by atoms with Gasteiger partial charge in [0.15, 0.2) is 11.6 Å². The quantitative estimate of drug-likeness (QED) is 0.857. The van der Waals surface area contributed by atoms with Crippen molar-refractivity contribution in [1.29, 1.82) is 0 Å². The zero-order chi connectivity index (χ0) is 13.1. The molecule has 0 unspecified atom stereocenters. The SMILES string of the molecule is Nc1ccnc(NC(=O)c2ccc(F)c(F)c2)c1. The number of amides is 1. The number of hydrogen-bond acceptors (Lipinski definition) is 3. The van der Waals surface area contributed by atoms with Crippen LogP contribution < -0.4 is 11.1 Å². The van der Waals surface area contributed by atoms with Gasteiger partial charge in [-0.1, -0.05) is 0 Å². The molecule has 1 heterocycles. The number of nitrogen functional groups attached to an aromatic ring is 1. The van der Waals surface area contributed by atoms with E-state index in [1.807, 2.05) is 0 Å². The number of carbonyl (C=O) groups is 1. The summed E-state index contributed by atoms with van der Waals surface area (Å²) in [5, 5.41) is 2.43. The number of aromatic nitrogens is 1. The van der Waals surface area contributed by atoms with Crippen molar-refractivity contribution >= 4 is 17.4 Å². The van der Waals surface area contributed by atoms with Crippen LogP contribution in [0.25, 0.3) is 0 Å². The molecule has 0 saturated carbocycles. The lowest BCUT2D eigenvalue weighted by Crippen LogP contribution is -2.13. The predicted molar refractivity (Wildman–Crippen MR) is 63.0 cm³/mol. The van der Waals surface area contributed by atoms with Gasteiger partial charge in [0.05, 0.1) is 0 Å². The number of hydrogen-bond donors (Lipinski definition) is 2. The molecule has 18 heavy (non-hydrogen) atoms. The second-order valence-corrected chi connectivity index (χ2v) is 3.56. The van der Waals surface area contributed by atoms with E-state index >= 15 is 0 Å². The largest absolute Gasteiger partial charge is 0.399 e. The van der Waals surface area contributed by atoms with E-state index in [2.05, 4.69) is 10.3 Å². The van der Waals surface area contributed by atoms with Crippen LogP contribution in [-0.2, 0) is 0 Å². The van der Waals surface area contributed by atoms with E-state index in [9.17, 15) is 13.6 Å². The summed E-state index contributed by atoms with van der Waals surface area (Å²) in [6.45, 7) is 0. The molecule has 0 atom stereocenters. The van der Waals surface area contributed by atoms with Crippen molar-refractivity contribution in [1.82, 2.24) is 4.98 Å². The van der Waals surface area contributed by atoms with Crippen LogP contribution in [0, 0.1) is 11.6 Å². The first-order valence-corrected chi connectivity index (χ1v) is 5.04. The Morgan fingerprint density at radius 3 is 2.61 bits per heavy atom. The van der Waals surface area contributed by atoms with Crippen molar-refractivity contribution in [2.75, 3.05) is 11.1 Å². The Bertz CT molecular complexity index is 602. The highest BCUT2D eigenvalue weighted by Gasteiger charge is 2.10. The summed E-state index contributed by atoms with van der Waals surface area (Å²) in [4.78, 5) is 15.6. The fraction of sp³-hybridized carbons (Fsp3) is 0. The van der Waals surface area contributed by atoms with Crippen molar-refractivity contribution in [3.8, 4) is 0 Å². The van der Waals surface area contributed by atoms with Gasteiger partial charge in [0.2, 0.25) is 0 Å². The third-order valence-corrected chi connectivity index (χ3v) is 2.21. The van der Waals surface area contributed by atoms with Crippen LogP contribution in [0.5, 0.6) is 0 Å². The molecule has 92 valence electrons. The van der Waals surface area contributed by atoms with E-state index in [1.165, 1.54) is 18.3 Å². The van der Waals surface area contributed by atoms with E-state index in [-0.39, 0.29) is 11.4 Å². The number of nitrogens with one attached hydrogen (secondary N) is 1. The average molecular weight is 249 g/mol. The highest BCUT2D eigenvalue weighted by atomic mass is 19.2. The molecule has 0 aliphatic rings. The Balaban J connectivity index is 2.19. The molecule has 0 aliphatic heterocycles. The van der Waals surface area contributed by atoms with Crippen molar-refractivity contribution < 1.29 is 13.6 Å². The average Bonchev–Trinajstić information content (AvgIpc) is 2.32. The van der Waals surface area contributed by atoms with Crippen molar-refractivity contribution in [3.05, 3.63) is 53.7 Å². The molecule has 0 bridgehead atoms. The second kappa shape index (κ2) is 4.79. The Hall–Kier alpha value is -2.50. The molecule has 2 rings (SSSR count). The molecular weight excluding hydrogens is 240 g/mol. The van der Waals surface area contributed by atoms with Gasteiger partial charge in [-0.25, -0.2) is 13.8 Å². The zero-order valence-corrected chi connectivity index (χ0v) is 9.15. The minimum atomic E-state index is -1.08. The molecule has 1 amide bonds. The minimum Gasteiger partial charge on any atom is -0.399 e. The highest BCUT2D eigenvalue weighted by molar-refractivity contribution is 6.03. The van der Waals surface area contributed by atoms with E-state index in [4.69, 9.17) is 5.73 Å².